The van der Waals surface area contributed by atoms with Crippen molar-refractivity contribution < 1.29 is 5.11 Å². The van der Waals surface area contributed by atoms with Crippen molar-refractivity contribution in [1.82, 2.24) is 0 Å². The second kappa shape index (κ2) is 5.17. The van der Waals surface area contributed by atoms with Gasteiger partial charge in [0.2, 0.25) is 0 Å². The lowest BCUT2D eigenvalue weighted by Gasteiger charge is -2.00. The zero-order chi connectivity index (χ0) is 11.3. The largest absolute Gasteiger partial charge is 0.373 e. The Morgan fingerprint density at radius 3 is 2.60 bits per heavy atom. The van der Waals surface area contributed by atoms with Crippen LogP contribution in [0.2, 0.25) is 5.02 Å². The van der Waals surface area contributed by atoms with E-state index in [-0.39, 0.29) is 5.57 Å². The van der Waals surface area contributed by atoms with Crippen LogP contribution in [0.5, 0.6) is 0 Å². The van der Waals surface area contributed by atoms with Gasteiger partial charge in [-0.3, -0.25) is 0 Å². The summed E-state index contributed by atoms with van der Waals surface area (Å²) in [5.41, 5.74) is 0.579. The molecule has 0 heterocycles. The van der Waals surface area contributed by atoms with Gasteiger partial charge in [0.25, 0.3) is 0 Å². The van der Waals surface area contributed by atoms with Gasteiger partial charge in [-0.25, -0.2) is 0 Å². The summed E-state index contributed by atoms with van der Waals surface area (Å²) in [5.74, 6) is 0. The van der Waals surface area contributed by atoms with Crippen LogP contribution in [0.25, 0.3) is 6.08 Å². The molecule has 0 amide bonds. The molecule has 0 saturated carbocycles. The van der Waals surface area contributed by atoms with Gasteiger partial charge in [0, 0.05) is 5.02 Å². The molecule has 15 heavy (non-hydrogen) atoms. The third kappa shape index (κ3) is 2.82. The number of rotatable bonds is 2. The standard InChI is InChI=1S/C11H7ClN2O/c12-10-4-2-1-3-8(10)5-9(6-13)11(15)7-14/h1-5,11,15H/b9-5+/t11-/m0/s1. The molecule has 1 N–H and O–H groups in total. The lowest BCUT2D eigenvalue weighted by Crippen LogP contribution is -2.04. The van der Waals surface area contributed by atoms with Crippen LogP contribution in [0.3, 0.4) is 0 Å². The van der Waals surface area contributed by atoms with Crippen LogP contribution in [0.15, 0.2) is 29.8 Å². The second-order valence-corrected chi connectivity index (χ2v) is 3.17. The lowest BCUT2D eigenvalue weighted by atomic mass is 10.1. The number of benzene rings is 1. The van der Waals surface area contributed by atoms with Crippen molar-refractivity contribution in [1.29, 1.82) is 10.5 Å². The first-order valence-corrected chi connectivity index (χ1v) is 4.50. The van der Waals surface area contributed by atoms with Crippen LogP contribution in [0.4, 0.5) is 0 Å². The first-order chi connectivity index (χ1) is 7.19. The number of aliphatic hydroxyl groups excluding tert-OH is 1. The van der Waals surface area contributed by atoms with Crippen molar-refractivity contribution >= 4 is 17.7 Å². The van der Waals surface area contributed by atoms with Gasteiger partial charge in [-0.1, -0.05) is 29.8 Å². The maximum Gasteiger partial charge on any atom is 0.175 e. The van der Waals surface area contributed by atoms with E-state index in [4.69, 9.17) is 22.1 Å². The minimum Gasteiger partial charge on any atom is -0.373 e. The lowest BCUT2D eigenvalue weighted by molar-refractivity contribution is 0.271. The number of nitrogens with zero attached hydrogens (tertiary/aromatic N) is 2. The van der Waals surface area contributed by atoms with Crippen molar-refractivity contribution in [3.05, 3.63) is 40.4 Å². The highest BCUT2D eigenvalue weighted by Crippen LogP contribution is 2.18. The Labute approximate surface area is 92.4 Å². The normalized spacial score (nSPS) is 12.7. The Hall–Kier alpha value is -1.81. The van der Waals surface area contributed by atoms with E-state index >= 15 is 0 Å². The van der Waals surface area contributed by atoms with Gasteiger partial charge in [-0.2, -0.15) is 10.5 Å². The minimum absolute atomic E-state index is 0.0226. The molecule has 1 aromatic carbocycles. The summed E-state index contributed by atoms with van der Waals surface area (Å²) in [6, 6.07) is 10.2. The molecule has 1 rings (SSSR count). The summed E-state index contributed by atoms with van der Waals surface area (Å²) in [4.78, 5) is 0. The fourth-order valence-corrected chi connectivity index (χ4v) is 1.19. The summed E-state index contributed by atoms with van der Waals surface area (Å²) < 4.78 is 0. The van der Waals surface area contributed by atoms with Crippen LogP contribution < -0.4 is 0 Å². The fraction of sp³-hybridized carbons (Fsp3) is 0.0909. The summed E-state index contributed by atoms with van der Waals surface area (Å²) in [5, 5.41) is 26.8. The van der Waals surface area contributed by atoms with E-state index in [9.17, 15) is 5.11 Å². The third-order valence-corrected chi connectivity index (χ3v) is 2.11. The molecule has 74 valence electrons. The van der Waals surface area contributed by atoms with Gasteiger partial charge in [0.1, 0.15) is 0 Å². The molecule has 0 aliphatic heterocycles. The van der Waals surface area contributed by atoms with Crippen molar-refractivity contribution in [2.24, 2.45) is 0 Å². The fourth-order valence-electron chi connectivity index (χ4n) is 1.00. The molecule has 0 unspecified atom stereocenters. The molecule has 0 bridgehead atoms. The summed E-state index contributed by atoms with van der Waals surface area (Å²) in [6.45, 7) is 0. The number of hydrogen-bond acceptors (Lipinski definition) is 3. The number of hydrogen-bond donors (Lipinski definition) is 1. The molecule has 0 radical (unpaired) electrons. The Morgan fingerprint density at radius 1 is 1.40 bits per heavy atom. The summed E-state index contributed by atoms with van der Waals surface area (Å²) in [6.07, 6.45) is -0.0118. The number of aliphatic hydroxyl groups is 1. The number of nitriles is 2. The zero-order valence-electron chi connectivity index (χ0n) is 7.68. The van der Waals surface area contributed by atoms with Crippen LogP contribution in [-0.4, -0.2) is 11.2 Å². The van der Waals surface area contributed by atoms with Crippen molar-refractivity contribution in [2.45, 2.75) is 6.10 Å². The van der Waals surface area contributed by atoms with E-state index in [2.05, 4.69) is 0 Å². The molecule has 4 heteroatoms. The van der Waals surface area contributed by atoms with E-state index < -0.39 is 6.10 Å². The van der Waals surface area contributed by atoms with Crippen LogP contribution >= 0.6 is 11.6 Å². The van der Waals surface area contributed by atoms with Gasteiger partial charge in [0.15, 0.2) is 6.10 Å². The molecule has 0 fully saturated rings. The monoisotopic (exact) mass is 218 g/mol. The number of halogens is 1. The predicted molar refractivity (Wildman–Crippen MR) is 56.7 cm³/mol. The first kappa shape index (κ1) is 11.3. The van der Waals surface area contributed by atoms with Gasteiger partial charge in [-0.05, 0) is 17.7 Å². The topological polar surface area (TPSA) is 67.8 Å². The molecule has 0 aliphatic rings. The van der Waals surface area contributed by atoms with Crippen molar-refractivity contribution in [3.8, 4) is 12.1 Å². The van der Waals surface area contributed by atoms with E-state index in [0.717, 1.165) is 0 Å². The summed E-state index contributed by atoms with van der Waals surface area (Å²) >= 11 is 5.85. The Balaban J connectivity index is 3.12. The molecule has 1 atom stereocenters. The van der Waals surface area contributed by atoms with Crippen LogP contribution in [0.1, 0.15) is 5.56 Å². The molecule has 0 saturated heterocycles. The average molecular weight is 219 g/mol. The highest BCUT2D eigenvalue weighted by atomic mass is 35.5. The smallest absolute Gasteiger partial charge is 0.175 e. The molecule has 1 aromatic rings. The maximum atomic E-state index is 9.17. The Kier molecular flexibility index (Phi) is 3.88. The molecular weight excluding hydrogens is 212 g/mol. The van der Waals surface area contributed by atoms with Crippen LogP contribution in [-0.2, 0) is 0 Å². The van der Waals surface area contributed by atoms with Crippen molar-refractivity contribution in [2.75, 3.05) is 0 Å². The SMILES string of the molecule is N#C/C(=C\c1ccccc1Cl)[C@@H](O)C#N. The third-order valence-electron chi connectivity index (χ3n) is 1.76. The average Bonchev–Trinajstić information content (AvgIpc) is 2.27. The Bertz CT molecular complexity index is 468. The highest BCUT2D eigenvalue weighted by Gasteiger charge is 2.09. The van der Waals surface area contributed by atoms with E-state index in [1.54, 1.807) is 36.4 Å². The Morgan fingerprint density at radius 2 is 2.07 bits per heavy atom. The zero-order valence-corrected chi connectivity index (χ0v) is 8.44. The van der Waals surface area contributed by atoms with Crippen molar-refractivity contribution in [3.63, 3.8) is 0 Å². The van der Waals surface area contributed by atoms with E-state index in [0.29, 0.717) is 10.6 Å². The molecular formula is C11H7ClN2O. The van der Waals surface area contributed by atoms with Gasteiger partial charge < -0.3 is 5.11 Å². The second-order valence-electron chi connectivity index (χ2n) is 2.76. The maximum absolute atomic E-state index is 9.17. The molecule has 3 nitrogen and oxygen atoms in total. The van der Waals surface area contributed by atoms with Crippen LogP contribution in [0, 0.1) is 22.7 Å². The van der Waals surface area contributed by atoms with Gasteiger partial charge in [0.05, 0.1) is 17.7 Å². The van der Waals surface area contributed by atoms with Gasteiger partial charge in [-0.15, -0.1) is 0 Å². The summed E-state index contributed by atoms with van der Waals surface area (Å²) in [7, 11) is 0. The first-order valence-electron chi connectivity index (χ1n) is 4.13. The molecule has 0 spiro atoms. The molecule has 0 aliphatic carbocycles. The minimum atomic E-state index is -1.41. The van der Waals surface area contributed by atoms with E-state index in [1.165, 1.54) is 6.08 Å². The van der Waals surface area contributed by atoms with Gasteiger partial charge >= 0.3 is 0 Å². The predicted octanol–water partition coefficient (Wildman–Crippen LogP) is 2.13. The molecule has 0 aromatic heterocycles. The quantitative estimate of drug-likeness (QED) is 0.611. The highest BCUT2D eigenvalue weighted by molar-refractivity contribution is 6.32. The van der Waals surface area contributed by atoms with E-state index in [1.807, 2.05) is 0 Å².